The van der Waals surface area contributed by atoms with E-state index in [2.05, 4.69) is 15.5 Å². The van der Waals surface area contributed by atoms with E-state index in [1.54, 1.807) is 24.3 Å². The van der Waals surface area contributed by atoms with Gasteiger partial charge in [0.2, 0.25) is 0 Å². The summed E-state index contributed by atoms with van der Waals surface area (Å²) in [5.74, 6) is -0.560. The lowest BCUT2D eigenvalue weighted by Crippen LogP contribution is -2.61. The summed E-state index contributed by atoms with van der Waals surface area (Å²) in [5.41, 5.74) is 3.12. The highest BCUT2D eigenvalue weighted by Gasteiger charge is 2.50. The number of aliphatic imine (C=N–C) groups is 1. The molecule has 1 fully saturated rings. The van der Waals surface area contributed by atoms with Crippen LogP contribution < -0.4 is 5.43 Å². The first-order chi connectivity index (χ1) is 12.4. The van der Waals surface area contributed by atoms with Crippen LogP contribution in [-0.4, -0.2) is 77.3 Å². The molecule has 2 aliphatic rings. The predicted molar refractivity (Wildman–Crippen MR) is 95.5 cm³/mol. The maximum absolute atomic E-state index is 12.3. The second kappa shape index (κ2) is 7.04. The van der Waals surface area contributed by atoms with E-state index in [-0.39, 0.29) is 6.54 Å². The molecule has 2 heterocycles. The summed E-state index contributed by atoms with van der Waals surface area (Å²) in [4.78, 5) is 42.7. The molecular formula is C16H16ClN6O3+. The molecule has 1 saturated heterocycles. The van der Waals surface area contributed by atoms with Crippen molar-refractivity contribution < 1.29 is 19.0 Å². The summed E-state index contributed by atoms with van der Waals surface area (Å²) < 4.78 is 1.46. The van der Waals surface area contributed by atoms with E-state index in [0.29, 0.717) is 10.9 Å². The second-order valence-corrected chi connectivity index (χ2v) is 6.20. The van der Waals surface area contributed by atoms with Crippen LogP contribution in [0.4, 0.5) is 4.79 Å². The molecule has 1 aromatic rings. The molecule has 134 valence electrons. The number of urea groups is 1. The fourth-order valence-electron chi connectivity index (χ4n) is 2.64. The van der Waals surface area contributed by atoms with E-state index < -0.39 is 23.9 Å². The number of halogens is 1. The molecule has 0 spiro atoms. The maximum atomic E-state index is 12.3. The Morgan fingerprint density at radius 1 is 1.38 bits per heavy atom. The van der Waals surface area contributed by atoms with E-state index in [4.69, 9.17) is 11.6 Å². The molecule has 4 amide bonds. The summed E-state index contributed by atoms with van der Waals surface area (Å²) in [6, 6.07) is 5.74. The summed E-state index contributed by atoms with van der Waals surface area (Å²) in [6.45, 7) is -0.133. The van der Waals surface area contributed by atoms with Gasteiger partial charge in [-0.25, -0.2) is 14.8 Å². The van der Waals surface area contributed by atoms with Crippen molar-refractivity contribution in [3.63, 3.8) is 0 Å². The minimum Gasteiger partial charge on any atom is -0.269 e. The number of carbonyl (C=O) groups excluding carboxylic acids is 3. The summed E-state index contributed by atoms with van der Waals surface area (Å²) in [7, 11) is 2.92. The first kappa shape index (κ1) is 17.7. The Labute approximate surface area is 154 Å². The van der Waals surface area contributed by atoms with Crippen LogP contribution in [0.2, 0.25) is 5.02 Å². The van der Waals surface area contributed by atoms with Crippen LogP contribution in [0.1, 0.15) is 5.56 Å². The molecule has 0 aliphatic carbocycles. The number of nitrogens with one attached hydrogen (secondary N) is 1. The molecule has 9 nitrogen and oxygen atoms in total. The van der Waals surface area contributed by atoms with Gasteiger partial charge in [-0.1, -0.05) is 23.7 Å². The molecule has 0 saturated carbocycles. The van der Waals surface area contributed by atoms with E-state index in [1.807, 2.05) is 0 Å². The highest BCUT2D eigenvalue weighted by molar-refractivity contribution is 6.30. The minimum absolute atomic E-state index is 0.133. The number of fused-ring (bicyclic) bond motifs is 1. The topological polar surface area (TPSA) is 97.4 Å². The van der Waals surface area contributed by atoms with E-state index in [9.17, 15) is 14.4 Å². The molecule has 1 unspecified atom stereocenters. The molecule has 1 atom stereocenters. The molecule has 10 heteroatoms. The Hall–Kier alpha value is -3.07. The van der Waals surface area contributed by atoms with Crippen LogP contribution in [0.5, 0.6) is 0 Å². The number of likely N-dealkylation sites (N-methyl/N-ethyl adjacent to an activating group) is 2. The van der Waals surface area contributed by atoms with Gasteiger partial charge in [-0.2, -0.15) is 5.10 Å². The third-order valence-electron chi connectivity index (χ3n) is 3.97. The van der Waals surface area contributed by atoms with Gasteiger partial charge in [-0.3, -0.25) is 19.4 Å². The van der Waals surface area contributed by atoms with Gasteiger partial charge in [0, 0.05) is 19.1 Å². The van der Waals surface area contributed by atoms with Gasteiger partial charge in [-0.15, -0.1) is 0 Å². The number of hydrogen-bond acceptors (Lipinski definition) is 5. The lowest BCUT2D eigenvalue weighted by atomic mass is 10.1. The van der Waals surface area contributed by atoms with Crippen molar-refractivity contribution in [1.82, 2.24) is 15.2 Å². The summed E-state index contributed by atoms with van der Waals surface area (Å²) >= 11 is 5.88. The number of amidine groups is 1. The van der Waals surface area contributed by atoms with Crippen LogP contribution in [0.3, 0.4) is 0 Å². The SMILES string of the molecule is CN1C(=O)C2C(=NC=[N+]2CC(=O)N/N=C/c2cccc(Cl)c2)N(C)C1=O. The van der Waals surface area contributed by atoms with Gasteiger partial charge < -0.3 is 0 Å². The number of benzene rings is 1. The number of carbonyl (C=O) groups is 3. The molecule has 1 aromatic carbocycles. The smallest absolute Gasteiger partial charge is 0.269 e. The maximum Gasteiger partial charge on any atom is 0.333 e. The molecule has 3 rings (SSSR count). The number of hydrogen-bond donors (Lipinski definition) is 1. The molecule has 0 aromatic heterocycles. The van der Waals surface area contributed by atoms with Gasteiger partial charge in [0.25, 0.3) is 30.0 Å². The summed E-state index contributed by atoms with van der Waals surface area (Å²) in [6.07, 6.45) is 2.84. The molecule has 0 bridgehead atoms. The number of rotatable bonds is 4. The fraction of sp³-hybridized carbons (Fsp3) is 0.250. The zero-order valence-electron chi connectivity index (χ0n) is 14.1. The Morgan fingerprint density at radius 3 is 2.88 bits per heavy atom. The molecular weight excluding hydrogens is 360 g/mol. The van der Waals surface area contributed by atoms with Crippen molar-refractivity contribution in [1.29, 1.82) is 0 Å². The largest absolute Gasteiger partial charge is 0.333 e. The van der Waals surface area contributed by atoms with Gasteiger partial charge in [0.05, 0.1) is 6.21 Å². The normalized spacial score (nSPS) is 19.6. The zero-order valence-corrected chi connectivity index (χ0v) is 14.8. The Kier molecular flexibility index (Phi) is 4.81. The Morgan fingerprint density at radius 2 is 2.15 bits per heavy atom. The van der Waals surface area contributed by atoms with E-state index >= 15 is 0 Å². The van der Waals surface area contributed by atoms with Crippen molar-refractivity contribution in [3.05, 3.63) is 34.9 Å². The van der Waals surface area contributed by atoms with Crippen molar-refractivity contribution in [2.45, 2.75) is 6.04 Å². The van der Waals surface area contributed by atoms with Gasteiger partial charge in [0.1, 0.15) is 0 Å². The fourth-order valence-corrected chi connectivity index (χ4v) is 2.84. The predicted octanol–water partition coefficient (Wildman–Crippen LogP) is 0.135. The molecule has 0 radical (unpaired) electrons. The average molecular weight is 376 g/mol. The van der Waals surface area contributed by atoms with Crippen molar-refractivity contribution in [3.8, 4) is 0 Å². The molecule has 2 aliphatic heterocycles. The number of imide groups is 1. The standard InChI is InChI=1S/C16H15ClN6O3/c1-21-14-13(15(25)22(2)16(21)26)23(9-18-14)8-12(24)20-19-7-10-4-3-5-11(17)6-10/h3-7,9,13H,8H2,1-2H3/p+1/b19-7+. The highest BCUT2D eigenvalue weighted by Crippen LogP contribution is 2.16. The number of hydrazone groups is 1. The van der Waals surface area contributed by atoms with Crippen LogP contribution >= 0.6 is 11.6 Å². The quantitative estimate of drug-likeness (QED) is 0.460. The number of nitrogens with zero attached hydrogens (tertiary/aromatic N) is 5. The van der Waals surface area contributed by atoms with Gasteiger partial charge >= 0.3 is 6.03 Å². The Balaban J connectivity index is 1.62. The molecule has 1 N–H and O–H groups in total. The van der Waals surface area contributed by atoms with Crippen LogP contribution in [-0.2, 0) is 9.59 Å². The van der Waals surface area contributed by atoms with E-state index in [0.717, 1.165) is 10.5 Å². The molecule has 26 heavy (non-hydrogen) atoms. The first-order valence-corrected chi connectivity index (χ1v) is 8.06. The van der Waals surface area contributed by atoms with Crippen molar-refractivity contribution >= 4 is 47.8 Å². The second-order valence-electron chi connectivity index (χ2n) is 5.76. The third kappa shape index (κ3) is 3.33. The summed E-state index contributed by atoms with van der Waals surface area (Å²) in [5, 5.41) is 4.43. The zero-order chi connectivity index (χ0) is 18.8. The van der Waals surface area contributed by atoms with Gasteiger partial charge in [-0.05, 0) is 22.7 Å². The van der Waals surface area contributed by atoms with Crippen LogP contribution in [0, 0.1) is 0 Å². The highest BCUT2D eigenvalue weighted by atomic mass is 35.5. The van der Waals surface area contributed by atoms with Crippen LogP contribution in [0.15, 0.2) is 34.4 Å². The van der Waals surface area contributed by atoms with Crippen LogP contribution in [0.25, 0.3) is 0 Å². The lowest BCUT2D eigenvalue weighted by molar-refractivity contribution is -0.519. The van der Waals surface area contributed by atoms with E-state index in [1.165, 1.54) is 36.1 Å². The first-order valence-electron chi connectivity index (χ1n) is 7.68. The number of amides is 4. The monoisotopic (exact) mass is 375 g/mol. The third-order valence-corrected chi connectivity index (χ3v) is 4.21. The van der Waals surface area contributed by atoms with Gasteiger partial charge in [0.15, 0.2) is 6.54 Å². The van der Waals surface area contributed by atoms with Crippen molar-refractivity contribution in [2.24, 2.45) is 10.1 Å². The Bertz CT molecular complexity index is 878. The minimum atomic E-state index is -0.801. The van der Waals surface area contributed by atoms with Crippen molar-refractivity contribution in [2.75, 3.05) is 20.6 Å². The average Bonchev–Trinajstić information content (AvgIpc) is 3.02. The lowest BCUT2D eigenvalue weighted by Gasteiger charge is -2.30.